The minimum atomic E-state index is -0.465. The van der Waals surface area contributed by atoms with Gasteiger partial charge in [-0.2, -0.15) is 0 Å². The van der Waals surface area contributed by atoms with Crippen LogP contribution in [0.2, 0.25) is 0 Å². The third kappa shape index (κ3) is 34.0. The largest absolute Gasteiger partial charge is 0.466 e. The number of benzene rings is 1. The van der Waals surface area contributed by atoms with Crippen LogP contribution >= 0.6 is 0 Å². The molecule has 0 radical (unpaired) electrons. The Kier molecular flexibility index (Phi) is 38.7. The predicted octanol–water partition coefficient (Wildman–Crippen LogP) is 14.1. The van der Waals surface area contributed by atoms with Gasteiger partial charge < -0.3 is 24.3 Å². The molecule has 0 spiro atoms. The molecule has 0 amide bonds. The van der Waals surface area contributed by atoms with Crippen LogP contribution in [0, 0.1) is 0 Å². The molecule has 1 saturated heterocycles. The van der Waals surface area contributed by atoms with Crippen LogP contribution in [0.15, 0.2) is 30.3 Å². The van der Waals surface area contributed by atoms with Crippen molar-refractivity contribution in [1.29, 1.82) is 0 Å². The number of nitrogens with zero attached hydrogens (tertiary/aromatic N) is 1. The van der Waals surface area contributed by atoms with Gasteiger partial charge in [0.05, 0.1) is 19.6 Å². The Morgan fingerprint density at radius 1 is 0.552 bits per heavy atom. The highest BCUT2D eigenvalue weighted by Gasteiger charge is 2.39. The lowest BCUT2D eigenvalue weighted by atomic mass is 10.0. The van der Waals surface area contributed by atoms with Crippen LogP contribution in [0.3, 0.4) is 0 Å². The van der Waals surface area contributed by atoms with Crippen molar-refractivity contribution in [2.45, 2.75) is 270 Å². The van der Waals surface area contributed by atoms with E-state index < -0.39 is 6.04 Å². The van der Waals surface area contributed by atoms with Crippen LogP contribution in [0.25, 0.3) is 0 Å². The second-order valence-corrected chi connectivity index (χ2v) is 19.5. The van der Waals surface area contributed by atoms with E-state index in [1.807, 2.05) is 30.3 Å². The molecule has 0 aromatic heterocycles. The summed E-state index contributed by atoms with van der Waals surface area (Å²) in [5, 5.41) is 3.31. The second kappa shape index (κ2) is 43.1. The summed E-state index contributed by atoms with van der Waals surface area (Å²) in [6.45, 7) is 9.95. The van der Waals surface area contributed by atoms with E-state index in [9.17, 15) is 19.2 Å². The van der Waals surface area contributed by atoms with Gasteiger partial charge in [-0.05, 0) is 69.9 Å². The van der Waals surface area contributed by atoms with Crippen LogP contribution in [0.1, 0.15) is 251 Å². The van der Waals surface area contributed by atoms with E-state index in [4.69, 9.17) is 18.9 Å². The fourth-order valence-electron chi connectivity index (χ4n) is 9.12. The molecule has 1 aromatic rings. The maximum atomic E-state index is 13.5. The number of carbonyl (C=O) groups excluding carboxylic acids is 4. The van der Waals surface area contributed by atoms with E-state index in [0.29, 0.717) is 58.7 Å². The molecule has 0 aliphatic carbocycles. The summed E-state index contributed by atoms with van der Waals surface area (Å²) in [6.07, 6.45) is 36.2. The van der Waals surface area contributed by atoms with Gasteiger partial charge in [0.2, 0.25) is 0 Å². The van der Waals surface area contributed by atoms with Gasteiger partial charge in [-0.1, -0.05) is 192 Å². The Bertz CT molecular complexity index is 1330. The average Bonchev–Trinajstić information content (AvgIpc) is 3.73. The number of unbranched alkanes of at least 4 members (excludes halogenated alkanes) is 24. The molecule has 67 heavy (non-hydrogen) atoms. The molecule has 1 aliphatic heterocycles. The first-order valence-electron chi connectivity index (χ1n) is 28.1. The summed E-state index contributed by atoms with van der Waals surface area (Å²) in [5.41, 5.74) is 1.16. The zero-order valence-electron chi connectivity index (χ0n) is 43.3. The number of carbonyl (C=O) groups is 4. The first-order chi connectivity index (χ1) is 32.9. The zero-order valence-corrected chi connectivity index (χ0v) is 43.3. The lowest BCUT2D eigenvalue weighted by molar-refractivity contribution is -0.151. The fourth-order valence-corrected chi connectivity index (χ4v) is 9.12. The highest BCUT2D eigenvalue weighted by molar-refractivity contribution is 5.76. The standard InChI is InChI=1S/C57H100N2O8/c1-4-7-10-13-16-17-18-23-34-45-64-54(60)40-32-26-33-44-59-49-52(67-56(62)42-43-58-48-50-36-27-25-28-37-50)47-53(59)57(63)65-46-35-24-19-22-31-41-55(61)66-51(38-29-20-14-11-8-5-2)39-30-21-15-12-9-6-3/h25,27-28,36-37,51-53,58H,4-24,26,29-35,38-49H2,1-3H3/t52?,53-/m0/s1. The molecular weight excluding hydrogens is 841 g/mol. The maximum absolute atomic E-state index is 13.5. The monoisotopic (exact) mass is 941 g/mol. The van der Waals surface area contributed by atoms with Crippen molar-refractivity contribution in [3.05, 3.63) is 35.9 Å². The molecule has 1 N–H and O–H groups in total. The Labute approximate surface area is 409 Å². The quantitative estimate of drug-likeness (QED) is 0.0384. The number of hydrogen-bond donors (Lipinski definition) is 1. The van der Waals surface area contributed by atoms with Crippen LogP contribution in [-0.4, -0.2) is 79.9 Å². The Morgan fingerprint density at radius 2 is 1.04 bits per heavy atom. The molecule has 1 unspecified atom stereocenters. The van der Waals surface area contributed by atoms with Crippen molar-refractivity contribution in [1.82, 2.24) is 10.2 Å². The topological polar surface area (TPSA) is 120 Å². The van der Waals surface area contributed by atoms with Gasteiger partial charge in [0.15, 0.2) is 0 Å². The van der Waals surface area contributed by atoms with Crippen LogP contribution < -0.4 is 5.32 Å². The molecule has 1 aliphatic rings. The highest BCUT2D eigenvalue weighted by atomic mass is 16.6. The summed E-state index contributed by atoms with van der Waals surface area (Å²) in [4.78, 5) is 53.6. The normalized spacial score (nSPS) is 15.0. The summed E-state index contributed by atoms with van der Waals surface area (Å²) in [5.74, 6) is -0.712. The van der Waals surface area contributed by atoms with Crippen molar-refractivity contribution in [2.24, 2.45) is 0 Å². The van der Waals surface area contributed by atoms with Gasteiger partial charge in [0.25, 0.3) is 0 Å². The lowest BCUT2D eigenvalue weighted by Crippen LogP contribution is -2.38. The predicted molar refractivity (Wildman–Crippen MR) is 274 cm³/mol. The van der Waals surface area contributed by atoms with Gasteiger partial charge in [-0.15, -0.1) is 0 Å². The van der Waals surface area contributed by atoms with Gasteiger partial charge >= 0.3 is 23.9 Å². The molecule has 0 bridgehead atoms. The van der Waals surface area contributed by atoms with Crippen molar-refractivity contribution < 1.29 is 38.1 Å². The molecule has 386 valence electrons. The Balaban J connectivity index is 1.70. The summed E-state index contributed by atoms with van der Waals surface area (Å²) in [6, 6.07) is 9.61. The van der Waals surface area contributed by atoms with Crippen LogP contribution in [0.5, 0.6) is 0 Å². The van der Waals surface area contributed by atoms with E-state index >= 15 is 0 Å². The maximum Gasteiger partial charge on any atom is 0.323 e. The molecule has 0 saturated carbocycles. The van der Waals surface area contributed by atoms with Crippen molar-refractivity contribution >= 4 is 23.9 Å². The van der Waals surface area contributed by atoms with Crippen molar-refractivity contribution in [3.63, 3.8) is 0 Å². The van der Waals surface area contributed by atoms with E-state index in [0.717, 1.165) is 95.5 Å². The molecule has 1 aromatic carbocycles. The summed E-state index contributed by atoms with van der Waals surface area (Å²) in [7, 11) is 0. The Hall–Kier alpha value is -2.98. The third-order valence-corrected chi connectivity index (χ3v) is 13.3. The molecule has 2 rings (SSSR count). The lowest BCUT2D eigenvalue weighted by Gasteiger charge is -2.22. The van der Waals surface area contributed by atoms with E-state index in [1.165, 1.54) is 109 Å². The number of ether oxygens (including phenoxy) is 4. The molecule has 10 nitrogen and oxygen atoms in total. The van der Waals surface area contributed by atoms with Crippen molar-refractivity contribution in [3.8, 4) is 0 Å². The third-order valence-electron chi connectivity index (χ3n) is 13.3. The highest BCUT2D eigenvalue weighted by Crippen LogP contribution is 2.24. The van der Waals surface area contributed by atoms with E-state index in [-0.39, 0.29) is 42.5 Å². The number of esters is 4. The van der Waals surface area contributed by atoms with Gasteiger partial charge in [0, 0.05) is 38.9 Å². The van der Waals surface area contributed by atoms with Gasteiger partial charge in [0.1, 0.15) is 18.2 Å². The first-order valence-corrected chi connectivity index (χ1v) is 28.1. The van der Waals surface area contributed by atoms with Crippen LogP contribution in [0.4, 0.5) is 0 Å². The van der Waals surface area contributed by atoms with Crippen molar-refractivity contribution in [2.75, 3.05) is 32.8 Å². The number of rotatable bonds is 46. The van der Waals surface area contributed by atoms with E-state index in [1.54, 1.807) is 0 Å². The van der Waals surface area contributed by atoms with Gasteiger partial charge in [-0.25, -0.2) is 0 Å². The van der Waals surface area contributed by atoms with Crippen LogP contribution in [-0.2, 0) is 44.7 Å². The molecule has 10 heteroatoms. The SMILES string of the molecule is CCCCCCCCCCCOC(=O)CCCCCN1CC(OC(=O)CCNCc2ccccc2)C[C@H]1C(=O)OCCCCCCCC(=O)OC(CCCCCCCC)CCCCCCCC. The smallest absolute Gasteiger partial charge is 0.323 e. The minimum Gasteiger partial charge on any atom is -0.466 e. The molecule has 1 fully saturated rings. The number of likely N-dealkylation sites (tertiary alicyclic amines) is 1. The Morgan fingerprint density at radius 3 is 1.63 bits per heavy atom. The zero-order chi connectivity index (χ0) is 48.3. The summed E-state index contributed by atoms with van der Waals surface area (Å²) >= 11 is 0. The number of hydrogen-bond acceptors (Lipinski definition) is 10. The summed E-state index contributed by atoms with van der Waals surface area (Å²) < 4.78 is 23.2. The first kappa shape index (κ1) is 60.1. The molecule has 2 atom stereocenters. The second-order valence-electron chi connectivity index (χ2n) is 19.5. The minimum absolute atomic E-state index is 0.0529. The van der Waals surface area contributed by atoms with Gasteiger partial charge in [-0.3, -0.25) is 24.1 Å². The number of nitrogens with one attached hydrogen (secondary N) is 1. The average molecular weight is 941 g/mol. The van der Waals surface area contributed by atoms with E-state index in [2.05, 4.69) is 31.0 Å². The fraction of sp³-hybridized carbons (Fsp3) is 0.825. The molecular formula is C57H100N2O8. The molecule has 1 heterocycles.